The molecule has 0 saturated carbocycles. The number of azide groups is 2. The van der Waals surface area contributed by atoms with E-state index in [0.29, 0.717) is 71.0 Å². The summed E-state index contributed by atoms with van der Waals surface area (Å²) in [5.74, 6) is 3.56. The van der Waals surface area contributed by atoms with Gasteiger partial charge in [0.25, 0.3) is 0 Å². The SMILES string of the molecule is C#Cc1cc(-c2cccc(C#N)c2)nc(N)n1.CCc1cccc(CN=[N+]=[N-])n1.CCc1cccc(CN=[N+]=[N-])n1.CCc1cccc(Cn2cc(-c3cc(-c4cccc(C#N)c4)nc(N)n3)nn2)n1.Cl.ClCc1cccc(CCl)n1. The second kappa shape index (κ2) is 34.7. The molecule has 0 aliphatic carbocycles. The summed E-state index contributed by atoms with van der Waals surface area (Å²) in [6.45, 7) is 7.34. The highest BCUT2D eigenvalue weighted by atomic mass is 35.5. The fraction of sp³-hybridized carbons (Fsp3) is 0.193. The van der Waals surface area contributed by atoms with Gasteiger partial charge in [0, 0.05) is 49.4 Å². The van der Waals surface area contributed by atoms with E-state index in [1.807, 2.05) is 98.8 Å². The van der Waals surface area contributed by atoms with Crippen LogP contribution < -0.4 is 11.5 Å². The van der Waals surface area contributed by atoms with Crippen LogP contribution in [0.1, 0.15) is 83.1 Å². The number of anilines is 2. The number of aryl methyl sites for hydroxylation is 3. The Bertz CT molecular complexity index is 3620. The Labute approximate surface area is 484 Å². The van der Waals surface area contributed by atoms with Crippen molar-refractivity contribution in [1.82, 2.24) is 54.9 Å². The van der Waals surface area contributed by atoms with Crippen molar-refractivity contribution in [1.29, 1.82) is 10.5 Å². The van der Waals surface area contributed by atoms with Crippen molar-refractivity contribution in [2.75, 3.05) is 11.5 Å². The molecule has 9 rings (SSSR count). The number of rotatable bonds is 14. The van der Waals surface area contributed by atoms with E-state index in [1.54, 1.807) is 59.4 Å². The summed E-state index contributed by atoms with van der Waals surface area (Å²) < 4.78 is 1.71. The van der Waals surface area contributed by atoms with E-state index in [2.05, 4.69) is 95.2 Å². The maximum atomic E-state index is 9.12. The maximum absolute atomic E-state index is 9.12. The number of nitriles is 2. The van der Waals surface area contributed by atoms with Gasteiger partial charge in [-0.25, -0.2) is 24.6 Å². The normalized spacial score (nSPS) is 9.65. The quantitative estimate of drug-likeness (QED) is 0.0336. The first-order valence-corrected chi connectivity index (χ1v) is 25.6. The van der Waals surface area contributed by atoms with E-state index in [4.69, 9.17) is 62.7 Å². The molecular weight excluding hydrogens is 1090 g/mol. The Morgan fingerprint density at radius 1 is 0.531 bits per heavy atom. The van der Waals surface area contributed by atoms with Gasteiger partial charge in [0.15, 0.2) is 0 Å². The van der Waals surface area contributed by atoms with E-state index in [-0.39, 0.29) is 24.3 Å². The third kappa shape index (κ3) is 21.4. The lowest BCUT2D eigenvalue weighted by atomic mass is 10.1. The second-order valence-corrected chi connectivity index (χ2v) is 16.9. The predicted molar refractivity (Wildman–Crippen MR) is 316 cm³/mol. The molecule has 0 unspecified atom stereocenters. The van der Waals surface area contributed by atoms with Crippen LogP contribution in [-0.2, 0) is 50.7 Å². The Morgan fingerprint density at radius 3 is 1.40 bits per heavy atom. The first kappa shape index (κ1) is 63.5. The highest BCUT2D eigenvalue weighted by Gasteiger charge is 2.12. The standard InChI is InChI=1S/C21H18N8.C13H8N4.2C8H10N4.C7H7Cl2N.ClH/c1-2-16-7-4-8-17(24-16)12-29-13-20(27-28-29)19-10-18(25-21(23)26-19)15-6-3-5-14(9-15)11-22;1-2-11-7-12(17-13(15)16-11)10-5-3-4-9(6-10)8-14;2*1-2-7-4-3-5-8(11-7)6-10-12-9;8-4-6-2-1-3-7(5-9)10-6;/h3-10,13H,2,12H2,1H3,(H2,23,25,26);1,3-7H,(H2,15,16,17);2*3-5H,2,6H2,1H3;1-3H,4-5H2;1H. The number of nitrogens with zero attached hydrogens (tertiary/aromatic N) is 19. The van der Waals surface area contributed by atoms with Gasteiger partial charge in [-0.2, -0.15) is 10.5 Å². The lowest BCUT2D eigenvalue weighted by Crippen LogP contribution is -2.03. The molecule has 4 N–H and O–H groups in total. The summed E-state index contributed by atoms with van der Waals surface area (Å²) in [6.07, 6.45) is 9.77. The number of hydrogen-bond acceptors (Lipinski definition) is 16. The lowest BCUT2D eigenvalue weighted by Gasteiger charge is -2.05. The Balaban J connectivity index is 0.000000233. The third-order valence-corrected chi connectivity index (χ3v) is 11.3. The number of hydrogen-bond donors (Lipinski definition) is 2. The molecule has 0 fully saturated rings. The first-order chi connectivity index (χ1) is 39.0. The van der Waals surface area contributed by atoms with Gasteiger partial charge in [-0.15, -0.1) is 47.1 Å². The zero-order chi connectivity index (χ0) is 57.5. The van der Waals surface area contributed by atoms with Gasteiger partial charge in [0.05, 0.1) is 95.0 Å². The minimum Gasteiger partial charge on any atom is -0.368 e. The van der Waals surface area contributed by atoms with Gasteiger partial charge in [-0.1, -0.05) is 90.7 Å². The summed E-state index contributed by atoms with van der Waals surface area (Å²) in [5.41, 5.74) is 40.5. The third-order valence-electron chi connectivity index (χ3n) is 10.7. The number of terminal acetylenes is 1. The van der Waals surface area contributed by atoms with E-state index in [9.17, 15) is 0 Å². The molecule has 7 aromatic heterocycles. The van der Waals surface area contributed by atoms with Crippen LogP contribution in [-0.4, -0.2) is 54.9 Å². The summed E-state index contributed by atoms with van der Waals surface area (Å²) in [6, 6.07) is 45.0. The lowest BCUT2D eigenvalue weighted by molar-refractivity contribution is 0.636. The van der Waals surface area contributed by atoms with Crippen LogP contribution in [0, 0.1) is 35.0 Å². The van der Waals surface area contributed by atoms with Gasteiger partial charge >= 0.3 is 0 Å². The van der Waals surface area contributed by atoms with Crippen molar-refractivity contribution in [3.05, 3.63) is 223 Å². The number of alkyl halides is 2. The molecule has 0 spiro atoms. The minimum atomic E-state index is 0. The molecule has 0 aliphatic heterocycles. The Kier molecular flexibility index (Phi) is 27.2. The zero-order valence-corrected chi connectivity index (χ0v) is 46.7. The van der Waals surface area contributed by atoms with Crippen LogP contribution in [0.5, 0.6) is 0 Å². The van der Waals surface area contributed by atoms with E-state index < -0.39 is 0 Å². The van der Waals surface area contributed by atoms with Crippen molar-refractivity contribution >= 4 is 47.5 Å². The number of nitrogen functional groups attached to an aromatic ring is 2. The summed E-state index contributed by atoms with van der Waals surface area (Å²) >= 11 is 11.1. The van der Waals surface area contributed by atoms with E-state index in [0.717, 1.165) is 75.9 Å². The summed E-state index contributed by atoms with van der Waals surface area (Å²) in [5, 5.41) is 33.2. The van der Waals surface area contributed by atoms with Crippen molar-refractivity contribution < 1.29 is 0 Å². The van der Waals surface area contributed by atoms with Crippen molar-refractivity contribution in [3.8, 4) is 58.4 Å². The molecule has 0 saturated heterocycles. The number of aromatic nitrogens is 11. The van der Waals surface area contributed by atoms with Gasteiger partial charge in [-0.3, -0.25) is 19.9 Å². The smallest absolute Gasteiger partial charge is 0.221 e. The van der Waals surface area contributed by atoms with Crippen LogP contribution >= 0.6 is 35.6 Å². The fourth-order valence-corrected chi connectivity index (χ4v) is 7.21. The van der Waals surface area contributed by atoms with Crippen molar-refractivity contribution in [2.45, 2.75) is 71.4 Å². The predicted octanol–water partition coefficient (Wildman–Crippen LogP) is 12.3. The molecular formula is C57H54Cl3N21. The summed E-state index contributed by atoms with van der Waals surface area (Å²) in [4.78, 5) is 39.2. The minimum absolute atomic E-state index is 0. The van der Waals surface area contributed by atoms with Gasteiger partial charge in [0.1, 0.15) is 11.4 Å². The van der Waals surface area contributed by atoms with Crippen LogP contribution in [0.15, 0.2) is 150 Å². The Hall–Kier alpha value is -10.0. The largest absolute Gasteiger partial charge is 0.368 e. The molecule has 21 nitrogen and oxygen atoms in total. The van der Waals surface area contributed by atoms with Crippen LogP contribution in [0.4, 0.5) is 11.9 Å². The highest BCUT2D eigenvalue weighted by molar-refractivity contribution is 6.17. The average Bonchev–Trinajstić information content (AvgIpc) is 4.00. The van der Waals surface area contributed by atoms with Gasteiger partial charge in [-0.05, 0) is 115 Å². The molecule has 0 bridgehead atoms. The molecule has 9 aromatic rings. The van der Waals surface area contributed by atoms with Gasteiger partial charge in [0.2, 0.25) is 11.9 Å². The Morgan fingerprint density at radius 2 is 0.938 bits per heavy atom. The number of nitrogens with two attached hydrogens (primary N) is 2. The number of pyridine rings is 4. The second-order valence-electron chi connectivity index (χ2n) is 16.4. The molecule has 24 heteroatoms. The molecule has 0 atom stereocenters. The molecule has 0 aliphatic rings. The maximum Gasteiger partial charge on any atom is 0.221 e. The van der Waals surface area contributed by atoms with Crippen molar-refractivity contribution in [3.63, 3.8) is 0 Å². The molecule has 0 radical (unpaired) electrons. The van der Waals surface area contributed by atoms with Crippen LogP contribution in [0.3, 0.4) is 0 Å². The molecule has 0 amide bonds. The van der Waals surface area contributed by atoms with Crippen molar-refractivity contribution in [2.24, 2.45) is 10.2 Å². The number of benzene rings is 2. The first-order valence-electron chi connectivity index (χ1n) is 24.6. The topological polar surface area (TPSA) is 331 Å². The van der Waals surface area contributed by atoms with E-state index in [1.165, 1.54) is 0 Å². The molecule has 2 aromatic carbocycles. The fourth-order valence-electron chi connectivity index (χ4n) is 6.92. The number of halogens is 3. The molecule has 7 heterocycles. The van der Waals surface area contributed by atoms with E-state index >= 15 is 0 Å². The summed E-state index contributed by atoms with van der Waals surface area (Å²) in [7, 11) is 0. The molecule has 81 heavy (non-hydrogen) atoms. The van der Waals surface area contributed by atoms with Crippen LogP contribution in [0.25, 0.3) is 54.8 Å². The average molecular weight is 1140 g/mol. The monoisotopic (exact) mass is 1140 g/mol. The molecule has 408 valence electrons. The highest BCUT2D eigenvalue weighted by Crippen LogP contribution is 2.24. The van der Waals surface area contributed by atoms with Gasteiger partial charge < -0.3 is 11.5 Å². The zero-order valence-electron chi connectivity index (χ0n) is 44.3. The van der Waals surface area contributed by atoms with Crippen LogP contribution in [0.2, 0.25) is 0 Å².